The molecule has 2 aromatic carbocycles. The molecule has 0 aliphatic heterocycles. The van der Waals surface area contributed by atoms with Crippen molar-refractivity contribution in [3.63, 3.8) is 0 Å². The second kappa shape index (κ2) is 4.94. The van der Waals surface area contributed by atoms with Gasteiger partial charge in [0.15, 0.2) is 5.82 Å². The molecule has 0 atom stereocenters. The highest BCUT2D eigenvalue weighted by Gasteiger charge is 2.12. The number of rotatable bonds is 2. The van der Waals surface area contributed by atoms with Crippen molar-refractivity contribution < 1.29 is 9.18 Å². The van der Waals surface area contributed by atoms with Crippen molar-refractivity contribution in [3.05, 3.63) is 58.9 Å². The molecular formula is C14H9ClFN3O. The molecule has 0 aliphatic carbocycles. The number of benzene rings is 2. The molecule has 1 heterocycles. The highest BCUT2D eigenvalue weighted by atomic mass is 35.5. The third-order valence-corrected chi connectivity index (χ3v) is 3.19. The highest BCUT2D eigenvalue weighted by Crippen LogP contribution is 2.21. The van der Waals surface area contributed by atoms with Crippen molar-refractivity contribution in [3.8, 4) is 0 Å². The molecule has 100 valence electrons. The Labute approximate surface area is 118 Å². The van der Waals surface area contributed by atoms with Crippen LogP contribution < -0.4 is 5.32 Å². The summed E-state index contributed by atoms with van der Waals surface area (Å²) in [5.41, 5.74) is 0.990. The molecule has 0 unspecified atom stereocenters. The van der Waals surface area contributed by atoms with Crippen LogP contribution >= 0.6 is 11.6 Å². The third-order valence-electron chi connectivity index (χ3n) is 2.88. The monoisotopic (exact) mass is 289 g/mol. The van der Waals surface area contributed by atoms with Crippen molar-refractivity contribution >= 4 is 34.2 Å². The molecule has 0 spiro atoms. The smallest absolute Gasteiger partial charge is 0.256 e. The van der Waals surface area contributed by atoms with E-state index in [0.717, 1.165) is 17.0 Å². The minimum atomic E-state index is -0.633. The van der Waals surface area contributed by atoms with Crippen LogP contribution in [-0.4, -0.2) is 16.1 Å². The lowest BCUT2D eigenvalue weighted by molar-refractivity contribution is 0.102. The molecular weight excluding hydrogens is 281 g/mol. The van der Waals surface area contributed by atoms with E-state index in [-0.39, 0.29) is 10.6 Å². The maximum atomic E-state index is 13.3. The maximum absolute atomic E-state index is 13.3. The van der Waals surface area contributed by atoms with Gasteiger partial charge in [-0.15, -0.1) is 0 Å². The normalized spacial score (nSPS) is 10.7. The Morgan fingerprint density at radius 2 is 2.05 bits per heavy atom. The van der Waals surface area contributed by atoms with Gasteiger partial charge in [-0.1, -0.05) is 23.7 Å². The van der Waals surface area contributed by atoms with Crippen LogP contribution in [0.5, 0.6) is 0 Å². The zero-order valence-corrected chi connectivity index (χ0v) is 10.9. The summed E-state index contributed by atoms with van der Waals surface area (Å²) in [5, 5.41) is 10.2. The Kier molecular flexibility index (Phi) is 3.12. The Morgan fingerprint density at radius 1 is 1.25 bits per heavy atom. The van der Waals surface area contributed by atoms with Gasteiger partial charge in [0.1, 0.15) is 5.82 Å². The SMILES string of the molecule is O=C(Nc1n[nH]c2ccccc12)c1ccc(Cl)c(F)c1. The Balaban J connectivity index is 1.90. The predicted octanol–water partition coefficient (Wildman–Crippen LogP) is 3.61. The summed E-state index contributed by atoms with van der Waals surface area (Å²) in [6, 6.07) is 11.3. The van der Waals surface area contributed by atoms with E-state index in [2.05, 4.69) is 15.5 Å². The molecule has 0 radical (unpaired) electrons. The number of anilines is 1. The number of carbonyl (C=O) groups is 1. The summed E-state index contributed by atoms with van der Waals surface area (Å²) in [6.45, 7) is 0. The number of hydrogen-bond acceptors (Lipinski definition) is 2. The number of aromatic amines is 1. The van der Waals surface area contributed by atoms with E-state index in [1.54, 1.807) is 0 Å². The number of nitrogens with one attached hydrogen (secondary N) is 2. The first-order valence-corrected chi connectivity index (χ1v) is 6.22. The van der Waals surface area contributed by atoms with E-state index in [4.69, 9.17) is 11.6 Å². The molecule has 2 N–H and O–H groups in total. The van der Waals surface area contributed by atoms with Gasteiger partial charge in [0.25, 0.3) is 5.91 Å². The lowest BCUT2D eigenvalue weighted by Gasteiger charge is -2.03. The molecule has 6 heteroatoms. The summed E-state index contributed by atoms with van der Waals surface area (Å²) < 4.78 is 13.3. The van der Waals surface area contributed by atoms with Gasteiger partial charge in [0, 0.05) is 10.9 Å². The van der Waals surface area contributed by atoms with Gasteiger partial charge >= 0.3 is 0 Å². The summed E-state index contributed by atoms with van der Waals surface area (Å²) in [7, 11) is 0. The van der Waals surface area contributed by atoms with E-state index < -0.39 is 11.7 Å². The fraction of sp³-hybridized carbons (Fsp3) is 0. The predicted molar refractivity (Wildman–Crippen MR) is 75.5 cm³/mol. The standard InChI is InChI=1S/C14H9ClFN3O/c15-10-6-5-8(7-11(10)16)14(20)17-13-9-3-1-2-4-12(9)18-19-13/h1-7H,(H2,17,18,19,20). The number of amides is 1. The van der Waals surface area contributed by atoms with Crippen LogP contribution in [0.3, 0.4) is 0 Å². The second-order valence-corrected chi connectivity index (χ2v) is 4.61. The zero-order chi connectivity index (χ0) is 14.1. The first-order valence-electron chi connectivity index (χ1n) is 5.84. The molecule has 0 saturated carbocycles. The van der Waals surface area contributed by atoms with Crippen molar-refractivity contribution in [2.45, 2.75) is 0 Å². The Morgan fingerprint density at radius 3 is 2.85 bits per heavy atom. The Bertz CT molecular complexity index is 800. The number of H-pyrrole nitrogens is 1. The minimum Gasteiger partial charge on any atom is -0.305 e. The van der Waals surface area contributed by atoms with Crippen LogP contribution in [0, 0.1) is 5.82 Å². The van der Waals surface area contributed by atoms with Crippen LogP contribution in [0.15, 0.2) is 42.5 Å². The van der Waals surface area contributed by atoms with E-state index in [9.17, 15) is 9.18 Å². The van der Waals surface area contributed by atoms with Crippen LogP contribution in [0.25, 0.3) is 10.9 Å². The average molecular weight is 290 g/mol. The number of nitrogens with zero attached hydrogens (tertiary/aromatic N) is 1. The molecule has 4 nitrogen and oxygen atoms in total. The fourth-order valence-corrected chi connectivity index (χ4v) is 1.99. The number of halogens is 2. The van der Waals surface area contributed by atoms with Crippen LogP contribution in [-0.2, 0) is 0 Å². The van der Waals surface area contributed by atoms with E-state index in [1.165, 1.54) is 12.1 Å². The van der Waals surface area contributed by atoms with Gasteiger partial charge in [0.05, 0.1) is 10.5 Å². The maximum Gasteiger partial charge on any atom is 0.256 e. The van der Waals surface area contributed by atoms with Crippen LogP contribution in [0.4, 0.5) is 10.2 Å². The molecule has 1 amide bonds. The largest absolute Gasteiger partial charge is 0.305 e. The number of fused-ring (bicyclic) bond motifs is 1. The van der Waals surface area contributed by atoms with Gasteiger partial charge in [-0.3, -0.25) is 9.89 Å². The summed E-state index contributed by atoms with van der Waals surface area (Å²) in [5.74, 6) is -0.676. The number of aromatic nitrogens is 2. The first-order chi connectivity index (χ1) is 9.65. The highest BCUT2D eigenvalue weighted by molar-refractivity contribution is 6.30. The summed E-state index contributed by atoms with van der Waals surface area (Å²) in [4.78, 5) is 12.0. The van der Waals surface area contributed by atoms with Crippen LogP contribution in [0.1, 0.15) is 10.4 Å². The lowest BCUT2D eigenvalue weighted by atomic mass is 10.2. The molecule has 3 rings (SSSR count). The van der Waals surface area contributed by atoms with Crippen molar-refractivity contribution in [2.75, 3.05) is 5.32 Å². The third kappa shape index (κ3) is 2.23. The lowest BCUT2D eigenvalue weighted by Crippen LogP contribution is -2.12. The topological polar surface area (TPSA) is 57.8 Å². The average Bonchev–Trinajstić information content (AvgIpc) is 2.85. The molecule has 0 saturated heterocycles. The van der Waals surface area contributed by atoms with E-state index >= 15 is 0 Å². The molecule has 3 aromatic rings. The quantitative estimate of drug-likeness (QED) is 0.757. The van der Waals surface area contributed by atoms with Gasteiger partial charge in [-0.25, -0.2) is 4.39 Å². The fourth-order valence-electron chi connectivity index (χ4n) is 1.88. The molecule has 0 fully saturated rings. The van der Waals surface area contributed by atoms with E-state index in [0.29, 0.717) is 5.82 Å². The summed E-state index contributed by atoms with van der Waals surface area (Å²) in [6.07, 6.45) is 0. The number of para-hydroxylation sites is 1. The van der Waals surface area contributed by atoms with Gasteiger partial charge in [-0.05, 0) is 30.3 Å². The minimum absolute atomic E-state index is 0.0215. The number of hydrogen-bond donors (Lipinski definition) is 2. The zero-order valence-electron chi connectivity index (χ0n) is 10.2. The van der Waals surface area contributed by atoms with Crippen molar-refractivity contribution in [1.82, 2.24) is 10.2 Å². The second-order valence-electron chi connectivity index (χ2n) is 4.20. The Hall–Kier alpha value is -2.40. The van der Waals surface area contributed by atoms with Crippen molar-refractivity contribution in [2.24, 2.45) is 0 Å². The summed E-state index contributed by atoms with van der Waals surface area (Å²) >= 11 is 5.58. The molecule has 0 bridgehead atoms. The molecule has 20 heavy (non-hydrogen) atoms. The first kappa shape index (κ1) is 12.6. The molecule has 0 aliphatic rings. The number of carbonyl (C=O) groups excluding carboxylic acids is 1. The molecule has 1 aromatic heterocycles. The van der Waals surface area contributed by atoms with Gasteiger partial charge in [0.2, 0.25) is 0 Å². The van der Waals surface area contributed by atoms with Gasteiger partial charge in [-0.2, -0.15) is 5.10 Å². The van der Waals surface area contributed by atoms with Crippen molar-refractivity contribution in [1.29, 1.82) is 0 Å². The van der Waals surface area contributed by atoms with Gasteiger partial charge < -0.3 is 5.32 Å². The van der Waals surface area contributed by atoms with E-state index in [1.807, 2.05) is 24.3 Å². The van der Waals surface area contributed by atoms with Crippen LogP contribution in [0.2, 0.25) is 5.02 Å².